The minimum atomic E-state index is -0.210. The lowest BCUT2D eigenvalue weighted by atomic mass is 9.97. The molecule has 0 radical (unpaired) electrons. The lowest BCUT2D eigenvalue weighted by Gasteiger charge is -2.19. The van der Waals surface area contributed by atoms with Gasteiger partial charge in [0, 0.05) is 18.3 Å². The third-order valence-corrected chi connectivity index (χ3v) is 3.47. The second-order valence-electron chi connectivity index (χ2n) is 4.75. The lowest BCUT2D eigenvalue weighted by Crippen LogP contribution is -2.23. The Bertz CT molecular complexity index is 558. The normalized spacial score (nSPS) is 12.7. The molecule has 1 N–H and O–H groups in total. The van der Waals surface area contributed by atoms with E-state index < -0.39 is 0 Å². The van der Waals surface area contributed by atoms with E-state index in [1.165, 1.54) is 17.7 Å². The van der Waals surface area contributed by atoms with Crippen molar-refractivity contribution < 1.29 is 4.39 Å². The van der Waals surface area contributed by atoms with Crippen LogP contribution in [0.5, 0.6) is 0 Å². The van der Waals surface area contributed by atoms with E-state index in [2.05, 4.69) is 24.3 Å². The fraction of sp³-hybridized carbons (Fsp3) is 0.400. The van der Waals surface area contributed by atoms with Gasteiger partial charge in [-0.05, 0) is 38.1 Å². The number of benzene rings is 1. The first kappa shape index (κ1) is 13.7. The van der Waals surface area contributed by atoms with Crippen LogP contribution in [0.1, 0.15) is 35.5 Å². The monoisotopic (exact) mass is 261 g/mol. The molecule has 2 aromatic rings. The molecule has 102 valence electrons. The second-order valence-corrected chi connectivity index (χ2v) is 4.75. The second kappa shape index (κ2) is 5.53. The molecule has 0 amide bonds. The molecule has 0 saturated heterocycles. The maximum absolute atomic E-state index is 13.1. The summed E-state index contributed by atoms with van der Waals surface area (Å²) in [5.41, 5.74) is 4.38. The summed E-state index contributed by atoms with van der Waals surface area (Å²) in [4.78, 5) is 0. The standard InChI is InChI=1S/C15H20FN3/c1-5-17-15(12-6-8-13(16)9-7-12)14-10(2)18-19(4)11(14)3/h6-9,15,17H,5H2,1-4H3. The zero-order valence-corrected chi connectivity index (χ0v) is 11.9. The van der Waals surface area contributed by atoms with E-state index in [9.17, 15) is 4.39 Å². The average molecular weight is 261 g/mol. The minimum absolute atomic E-state index is 0.0549. The number of hydrogen-bond donors (Lipinski definition) is 1. The maximum Gasteiger partial charge on any atom is 0.123 e. The largest absolute Gasteiger partial charge is 0.306 e. The average Bonchev–Trinajstić information content (AvgIpc) is 2.62. The van der Waals surface area contributed by atoms with Gasteiger partial charge in [0.2, 0.25) is 0 Å². The van der Waals surface area contributed by atoms with Gasteiger partial charge in [0.25, 0.3) is 0 Å². The Kier molecular flexibility index (Phi) is 4.00. The molecular weight excluding hydrogens is 241 g/mol. The van der Waals surface area contributed by atoms with Crippen LogP contribution in [0.15, 0.2) is 24.3 Å². The molecule has 1 unspecified atom stereocenters. The predicted octanol–water partition coefficient (Wildman–Crippen LogP) is 2.87. The van der Waals surface area contributed by atoms with Gasteiger partial charge in [0.15, 0.2) is 0 Å². The molecule has 19 heavy (non-hydrogen) atoms. The van der Waals surface area contributed by atoms with Gasteiger partial charge in [-0.25, -0.2) is 4.39 Å². The van der Waals surface area contributed by atoms with Crippen molar-refractivity contribution in [2.75, 3.05) is 6.54 Å². The number of rotatable bonds is 4. The van der Waals surface area contributed by atoms with Crippen LogP contribution in [0.2, 0.25) is 0 Å². The van der Waals surface area contributed by atoms with Crippen LogP contribution in [-0.2, 0) is 7.05 Å². The Labute approximate surface area is 113 Å². The van der Waals surface area contributed by atoms with E-state index in [0.29, 0.717) is 0 Å². The van der Waals surface area contributed by atoms with Crippen LogP contribution in [-0.4, -0.2) is 16.3 Å². The fourth-order valence-electron chi connectivity index (χ4n) is 2.45. The summed E-state index contributed by atoms with van der Waals surface area (Å²) in [5, 5.41) is 7.91. The molecule has 1 heterocycles. The van der Waals surface area contributed by atoms with Crippen molar-refractivity contribution in [3.8, 4) is 0 Å². The van der Waals surface area contributed by atoms with Crippen molar-refractivity contribution in [3.63, 3.8) is 0 Å². The van der Waals surface area contributed by atoms with Crippen molar-refractivity contribution in [2.24, 2.45) is 7.05 Å². The summed E-state index contributed by atoms with van der Waals surface area (Å²) in [7, 11) is 1.94. The van der Waals surface area contributed by atoms with Gasteiger partial charge in [0.1, 0.15) is 5.82 Å². The fourth-order valence-corrected chi connectivity index (χ4v) is 2.45. The molecule has 0 aliphatic rings. The summed E-state index contributed by atoms with van der Waals surface area (Å²) >= 11 is 0. The Morgan fingerprint density at radius 1 is 1.26 bits per heavy atom. The summed E-state index contributed by atoms with van der Waals surface area (Å²) in [6.07, 6.45) is 0. The molecule has 2 rings (SSSR count). The Balaban J connectivity index is 2.48. The molecule has 0 fully saturated rings. The number of aryl methyl sites for hydroxylation is 2. The van der Waals surface area contributed by atoms with E-state index in [1.807, 2.05) is 30.8 Å². The molecule has 1 aromatic carbocycles. The predicted molar refractivity (Wildman–Crippen MR) is 74.6 cm³/mol. The van der Waals surface area contributed by atoms with Crippen molar-refractivity contribution in [3.05, 3.63) is 52.6 Å². The zero-order valence-electron chi connectivity index (χ0n) is 11.9. The van der Waals surface area contributed by atoms with Crippen LogP contribution in [0.3, 0.4) is 0 Å². The minimum Gasteiger partial charge on any atom is -0.306 e. The smallest absolute Gasteiger partial charge is 0.123 e. The number of nitrogens with zero attached hydrogens (tertiary/aromatic N) is 2. The first-order valence-corrected chi connectivity index (χ1v) is 6.53. The van der Waals surface area contributed by atoms with Gasteiger partial charge in [0.05, 0.1) is 11.7 Å². The Morgan fingerprint density at radius 3 is 2.37 bits per heavy atom. The van der Waals surface area contributed by atoms with Gasteiger partial charge in [-0.2, -0.15) is 5.10 Å². The summed E-state index contributed by atoms with van der Waals surface area (Å²) in [5.74, 6) is -0.210. The SMILES string of the molecule is CCNC(c1ccc(F)cc1)c1c(C)nn(C)c1C. The molecule has 1 aromatic heterocycles. The van der Waals surface area contributed by atoms with Crippen LogP contribution >= 0.6 is 0 Å². The van der Waals surface area contributed by atoms with Crippen molar-refractivity contribution >= 4 is 0 Å². The van der Waals surface area contributed by atoms with Crippen molar-refractivity contribution in [2.45, 2.75) is 26.8 Å². The molecule has 0 saturated carbocycles. The first-order chi connectivity index (χ1) is 9.04. The highest BCUT2D eigenvalue weighted by atomic mass is 19.1. The summed E-state index contributed by atoms with van der Waals surface area (Å²) in [6.45, 7) is 6.98. The van der Waals surface area contributed by atoms with Gasteiger partial charge in [-0.15, -0.1) is 0 Å². The summed E-state index contributed by atoms with van der Waals surface area (Å²) in [6, 6.07) is 6.71. The molecule has 4 heteroatoms. The van der Waals surface area contributed by atoms with Crippen LogP contribution in [0.4, 0.5) is 4.39 Å². The molecule has 1 atom stereocenters. The molecule has 0 spiro atoms. The molecule has 3 nitrogen and oxygen atoms in total. The van der Waals surface area contributed by atoms with Crippen LogP contribution in [0.25, 0.3) is 0 Å². The molecule has 0 bridgehead atoms. The number of aromatic nitrogens is 2. The lowest BCUT2D eigenvalue weighted by molar-refractivity contribution is 0.610. The third-order valence-electron chi connectivity index (χ3n) is 3.47. The molecule has 0 aliphatic heterocycles. The van der Waals surface area contributed by atoms with Gasteiger partial charge >= 0.3 is 0 Å². The maximum atomic E-state index is 13.1. The van der Waals surface area contributed by atoms with Gasteiger partial charge in [-0.1, -0.05) is 19.1 Å². The van der Waals surface area contributed by atoms with E-state index >= 15 is 0 Å². The van der Waals surface area contributed by atoms with E-state index in [1.54, 1.807) is 0 Å². The van der Waals surface area contributed by atoms with Gasteiger partial charge < -0.3 is 5.32 Å². The third kappa shape index (κ3) is 2.68. The van der Waals surface area contributed by atoms with Crippen molar-refractivity contribution in [1.82, 2.24) is 15.1 Å². The van der Waals surface area contributed by atoms with Gasteiger partial charge in [-0.3, -0.25) is 4.68 Å². The zero-order chi connectivity index (χ0) is 14.0. The van der Waals surface area contributed by atoms with E-state index in [-0.39, 0.29) is 11.9 Å². The van der Waals surface area contributed by atoms with Crippen LogP contribution < -0.4 is 5.32 Å². The molecular formula is C15H20FN3. The highest BCUT2D eigenvalue weighted by molar-refractivity contribution is 5.37. The Morgan fingerprint density at radius 2 is 1.89 bits per heavy atom. The highest BCUT2D eigenvalue weighted by Crippen LogP contribution is 2.27. The number of nitrogens with one attached hydrogen (secondary N) is 1. The summed E-state index contributed by atoms with van der Waals surface area (Å²) < 4.78 is 15.0. The first-order valence-electron chi connectivity index (χ1n) is 6.53. The van der Waals surface area contributed by atoms with Crippen LogP contribution in [0, 0.1) is 19.7 Å². The van der Waals surface area contributed by atoms with Crippen molar-refractivity contribution in [1.29, 1.82) is 0 Å². The highest BCUT2D eigenvalue weighted by Gasteiger charge is 2.21. The Hall–Kier alpha value is -1.68. The van der Waals surface area contributed by atoms with E-state index in [0.717, 1.165) is 23.5 Å². The molecule has 0 aliphatic carbocycles. The topological polar surface area (TPSA) is 29.9 Å². The number of hydrogen-bond acceptors (Lipinski definition) is 2. The van der Waals surface area contributed by atoms with E-state index in [4.69, 9.17) is 0 Å². The quantitative estimate of drug-likeness (QED) is 0.917. The number of halogens is 1.